The standard InChI is InChI=1S/C24H32N4O2/c1-25-24(26-15-14-20-8-4-5-9-22(20)30-2)27-18-19-10-12-21(13-11-19)23(29)28-16-6-3-7-17-28/h4-5,8-13H,3,6-7,14-18H2,1-2H3,(H2,25,26,27). The first-order valence-corrected chi connectivity index (χ1v) is 10.7. The Bertz CT molecular complexity index is 843. The molecule has 1 aliphatic rings. The van der Waals surface area contributed by atoms with E-state index >= 15 is 0 Å². The summed E-state index contributed by atoms with van der Waals surface area (Å²) >= 11 is 0. The fourth-order valence-corrected chi connectivity index (χ4v) is 3.68. The number of methoxy groups -OCH3 is 1. The average molecular weight is 409 g/mol. The molecule has 1 aliphatic heterocycles. The molecule has 0 aromatic heterocycles. The van der Waals surface area contributed by atoms with Crippen molar-refractivity contribution in [2.75, 3.05) is 33.8 Å². The van der Waals surface area contributed by atoms with E-state index in [2.05, 4.69) is 21.7 Å². The summed E-state index contributed by atoms with van der Waals surface area (Å²) in [5, 5.41) is 6.66. The normalized spacial score (nSPS) is 14.3. The van der Waals surface area contributed by atoms with Crippen LogP contribution in [0.25, 0.3) is 0 Å². The summed E-state index contributed by atoms with van der Waals surface area (Å²) in [5.41, 5.74) is 3.04. The van der Waals surface area contributed by atoms with Gasteiger partial charge in [0.1, 0.15) is 5.75 Å². The van der Waals surface area contributed by atoms with Gasteiger partial charge in [0.25, 0.3) is 5.91 Å². The van der Waals surface area contributed by atoms with Gasteiger partial charge < -0.3 is 20.3 Å². The molecule has 0 spiro atoms. The molecule has 160 valence electrons. The minimum atomic E-state index is 0.142. The van der Waals surface area contributed by atoms with Gasteiger partial charge in [0.15, 0.2) is 5.96 Å². The second kappa shape index (κ2) is 11.2. The Morgan fingerprint density at radius 3 is 2.47 bits per heavy atom. The second-order valence-electron chi connectivity index (χ2n) is 7.46. The van der Waals surface area contributed by atoms with Crippen molar-refractivity contribution in [3.8, 4) is 5.75 Å². The van der Waals surface area contributed by atoms with Gasteiger partial charge in [-0.15, -0.1) is 0 Å². The van der Waals surface area contributed by atoms with E-state index in [0.29, 0.717) is 6.54 Å². The highest BCUT2D eigenvalue weighted by Crippen LogP contribution is 2.17. The molecule has 2 aromatic rings. The summed E-state index contributed by atoms with van der Waals surface area (Å²) < 4.78 is 5.40. The van der Waals surface area contributed by atoms with Crippen LogP contribution >= 0.6 is 0 Å². The number of para-hydroxylation sites is 1. The van der Waals surface area contributed by atoms with Crippen molar-refractivity contribution in [1.82, 2.24) is 15.5 Å². The van der Waals surface area contributed by atoms with Crippen LogP contribution in [0.5, 0.6) is 5.75 Å². The molecule has 1 saturated heterocycles. The largest absolute Gasteiger partial charge is 0.496 e. The Morgan fingerprint density at radius 2 is 1.77 bits per heavy atom. The number of ether oxygens (including phenoxy) is 1. The summed E-state index contributed by atoms with van der Waals surface area (Å²) in [6, 6.07) is 15.9. The molecule has 2 aromatic carbocycles. The highest BCUT2D eigenvalue weighted by atomic mass is 16.5. The number of nitrogens with one attached hydrogen (secondary N) is 2. The molecule has 1 fully saturated rings. The minimum absolute atomic E-state index is 0.142. The lowest BCUT2D eigenvalue weighted by Gasteiger charge is -2.26. The minimum Gasteiger partial charge on any atom is -0.496 e. The maximum Gasteiger partial charge on any atom is 0.253 e. The van der Waals surface area contributed by atoms with E-state index in [1.807, 2.05) is 47.4 Å². The molecule has 6 heteroatoms. The molecule has 0 unspecified atom stereocenters. The molecule has 3 rings (SSSR count). The highest BCUT2D eigenvalue weighted by Gasteiger charge is 2.17. The highest BCUT2D eigenvalue weighted by molar-refractivity contribution is 5.94. The number of guanidine groups is 1. The zero-order chi connectivity index (χ0) is 21.2. The first kappa shape index (κ1) is 21.7. The summed E-state index contributed by atoms with van der Waals surface area (Å²) in [6.45, 7) is 3.15. The quantitative estimate of drug-likeness (QED) is 0.545. The van der Waals surface area contributed by atoms with Crippen LogP contribution in [0.3, 0.4) is 0 Å². The number of likely N-dealkylation sites (tertiary alicyclic amines) is 1. The third-order valence-corrected chi connectivity index (χ3v) is 5.41. The lowest BCUT2D eigenvalue weighted by Crippen LogP contribution is -2.38. The summed E-state index contributed by atoms with van der Waals surface area (Å²) in [4.78, 5) is 18.8. The van der Waals surface area contributed by atoms with Crippen LogP contribution in [0.2, 0.25) is 0 Å². The molecule has 1 amide bonds. The van der Waals surface area contributed by atoms with E-state index in [-0.39, 0.29) is 5.91 Å². The van der Waals surface area contributed by atoms with Crippen LogP contribution in [-0.2, 0) is 13.0 Å². The molecule has 6 nitrogen and oxygen atoms in total. The van der Waals surface area contributed by atoms with Crippen LogP contribution < -0.4 is 15.4 Å². The van der Waals surface area contributed by atoms with Crippen molar-refractivity contribution in [2.45, 2.75) is 32.2 Å². The van der Waals surface area contributed by atoms with E-state index < -0.39 is 0 Å². The van der Waals surface area contributed by atoms with Gasteiger partial charge in [-0.05, 0) is 55.0 Å². The predicted molar refractivity (Wildman–Crippen MR) is 121 cm³/mol. The van der Waals surface area contributed by atoms with E-state index in [4.69, 9.17) is 4.74 Å². The number of aliphatic imine (C=N–C) groups is 1. The van der Waals surface area contributed by atoms with Gasteiger partial charge in [-0.1, -0.05) is 30.3 Å². The van der Waals surface area contributed by atoms with Crippen molar-refractivity contribution < 1.29 is 9.53 Å². The number of benzene rings is 2. The van der Waals surface area contributed by atoms with Crippen LogP contribution in [-0.4, -0.2) is 50.6 Å². The lowest BCUT2D eigenvalue weighted by molar-refractivity contribution is 0.0724. The van der Waals surface area contributed by atoms with Crippen molar-refractivity contribution in [2.24, 2.45) is 4.99 Å². The van der Waals surface area contributed by atoms with Gasteiger partial charge in [0.05, 0.1) is 7.11 Å². The first-order valence-electron chi connectivity index (χ1n) is 10.7. The van der Waals surface area contributed by atoms with Crippen LogP contribution in [0.1, 0.15) is 40.7 Å². The van der Waals surface area contributed by atoms with Crippen molar-refractivity contribution in [3.05, 3.63) is 65.2 Å². The van der Waals surface area contributed by atoms with Crippen molar-refractivity contribution >= 4 is 11.9 Å². The molecule has 0 aliphatic carbocycles. The lowest BCUT2D eigenvalue weighted by atomic mass is 10.1. The molecule has 30 heavy (non-hydrogen) atoms. The smallest absolute Gasteiger partial charge is 0.253 e. The van der Waals surface area contributed by atoms with Gasteiger partial charge >= 0.3 is 0 Å². The van der Waals surface area contributed by atoms with E-state index in [1.165, 1.54) is 6.42 Å². The predicted octanol–water partition coefficient (Wildman–Crippen LogP) is 3.23. The Labute approximate surface area is 179 Å². The number of piperidine rings is 1. The van der Waals surface area contributed by atoms with Crippen LogP contribution in [0.15, 0.2) is 53.5 Å². The van der Waals surface area contributed by atoms with E-state index in [1.54, 1.807) is 14.2 Å². The topological polar surface area (TPSA) is 66.0 Å². The zero-order valence-electron chi connectivity index (χ0n) is 18.0. The fraction of sp³-hybridized carbons (Fsp3) is 0.417. The summed E-state index contributed by atoms with van der Waals surface area (Å²) in [7, 11) is 3.46. The first-order chi connectivity index (χ1) is 14.7. The van der Waals surface area contributed by atoms with Gasteiger partial charge in [0, 0.05) is 38.8 Å². The molecule has 2 N–H and O–H groups in total. The molecule has 1 heterocycles. The van der Waals surface area contributed by atoms with Crippen LogP contribution in [0, 0.1) is 0 Å². The van der Waals surface area contributed by atoms with Crippen LogP contribution in [0.4, 0.5) is 0 Å². The Kier molecular flexibility index (Phi) is 8.12. The number of nitrogens with zero attached hydrogens (tertiary/aromatic N) is 2. The molecular weight excluding hydrogens is 376 g/mol. The number of hydrogen-bond donors (Lipinski definition) is 2. The van der Waals surface area contributed by atoms with Crippen molar-refractivity contribution in [1.29, 1.82) is 0 Å². The molecular formula is C24H32N4O2. The fourth-order valence-electron chi connectivity index (χ4n) is 3.68. The third-order valence-electron chi connectivity index (χ3n) is 5.41. The van der Waals surface area contributed by atoms with Crippen molar-refractivity contribution in [3.63, 3.8) is 0 Å². The molecule has 0 bridgehead atoms. The Morgan fingerprint density at radius 1 is 1.03 bits per heavy atom. The zero-order valence-corrected chi connectivity index (χ0v) is 18.0. The van der Waals surface area contributed by atoms with E-state index in [9.17, 15) is 4.79 Å². The molecule has 0 atom stereocenters. The van der Waals surface area contributed by atoms with E-state index in [0.717, 1.165) is 67.3 Å². The number of hydrogen-bond acceptors (Lipinski definition) is 3. The molecule has 0 radical (unpaired) electrons. The SMILES string of the molecule is CN=C(NCCc1ccccc1OC)NCc1ccc(C(=O)N2CCCCC2)cc1. The van der Waals surface area contributed by atoms with Gasteiger partial charge in [-0.2, -0.15) is 0 Å². The Balaban J connectivity index is 1.46. The number of amides is 1. The summed E-state index contributed by atoms with van der Waals surface area (Å²) in [5.74, 6) is 1.79. The third kappa shape index (κ3) is 5.99. The number of carbonyl (C=O) groups is 1. The monoisotopic (exact) mass is 408 g/mol. The number of carbonyl (C=O) groups excluding carboxylic acids is 1. The van der Waals surface area contributed by atoms with Gasteiger partial charge in [-0.3, -0.25) is 9.79 Å². The van der Waals surface area contributed by atoms with Gasteiger partial charge in [-0.25, -0.2) is 0 Å². The summed E-state index contributed by atoms with van der Waals surface area (Å²) in [6.07, 6.45) is 4.29. The second-order valence-corrected chi connectivity index (χ2v) is 7.46. The maximum atomic E-state index is 12.6. The average Bonchev–Trinajstić information content (AvgIpc) is 2.82. The maximum absolute atomic E-state index is 12.6. The number of rotatable bonds is 7. The Hall–Kier alpha value is -3.02. The molecule has 0 saturated carbocycles. The van der Waals surface area contributed by atoms with Gasteiger partial charge in [0.2, 0.25) is 0 Å².